The first-order valence-electron chi connectivity index (χ1n) is 9.26. The van der Waals surface area contributed by atoms with Crippen molar-refractivity contribution in [3.05, 3.63) is 30.0 Å². The van der Waals surface area contributed by atoms with Crippen LogP contribution in [0.3, 0.4) is 0 Å². The van der Waals surface area contributed by atoms with E-state index in [9.17, 15) is 9.59 Å². The van der Waals surface area contributed by atoms with E-state index in [2.05, 4.69) is 10.4 Å². The zero-order valence-corrected chi connectivity index (χ0v) is 14.4. The van der Waals surface area contributed by atoms with E-state index in [-0.39, 0.29) is 18.4 Å². The Morgan fingerprint density at radius 1 is 1.08 bits per heavy atom. The average molecular weight is 340 g/mol. The summed E-state index contributed by atoms with van der Waals surface area (Å²) < 4.78 is 1.67. The van der Waals surface area contributed by atoms with Crippen LogP contribution < -0.4 is 5.32 Å². The van der Waals surface area contributed by atoms with Crippen LogP contribution in [0.5, 0.6) is 0 Å². The number of carbonyl (C=O) groups is 2. The highest BCUT2D eigenvalue weighted by Crippen LogP contribution is 2.22. The molecule has 1 aromatic heterocycles. The number of amides is 2. The van der Waals surface area contributed by atoms with Crippen molar-refractivity contribution < 1.29 is 9.59 Å². The molecule has 0 radical (unpaired) electrons. The Morgan fingerprint density at radius 3 is 2.56 bits per heavy atom. The molecule has 0 bridgehead atoms. The van der Waals surface area contributed by atoms with Crippen molar-refractivity contribution in [2.24, 2.45) is 0 Å². The molecule has 0 unspecified atom stereocenters. The second kappa shape index (κ2) is 6.86. The zero-order valence-electron chi connectivity index (χ0n) is 14.4. The normalized spacial score (nSPS) is 18.2. The monoisotopic (exact) mass is 340 g/mol. The largest absolute Gasteiger partial charge is 0.352 e. The van der Waals surface area contributed by atoms with Gasteiger partial charge in [0.15, 0.2) is 5.69 Å². The number of nitrogens with zero attached hydrogens (tertiary/aromatic N) is 3. The summed E-state index contributed by atoms with van der Waals surface area (Å²) in [5.74, 6) is -0.0519. The molecule has 6 heteroatoms. The summed E-state index contributed by atoms with van der Waals surface area (Å²) in [5.41, 5.74) is 1.30. The Labute approximate surface area is 147 Å². The minimum Gasteiger partial charge on any atom is -0.352 e. The molecule has 132 valence electrons. The summed E-state index contributed by atoms with van der Waals surface area (Å²) >= 11 is 0. The smallest absolute Gasteiger partial charge is 0.275 e. The molecule has 2 aromatic rings. The van der Waals surface area contributed by atoms with Crippen LogP contribution in [0.25, 0.3) is 10.9 Å². The van der Waals surface area contributed by atoms with Crippen LogP contribution in [0, 0.1) is 0 Å². The predicted octanol–water partition coefficient (Wildman–Crippen LogP) is 2.33. The van der Waals surface area contributed by atoms with Gasteiger partial charge in [0.25, 0.3) is 5.91 Å². The summed E-state index contributed by atoms with van der Waals surface area (Å²) in [6, 6.07) is 7.95. The molecule has 1 saturated carbocycles. The average Bonchev–Trinajstić information content (AvgIpc) is 3.36. The van der Waals surface area contributed by atoms with Crippen LogP contribution in [0.4, 0.5) is 0 Å². The van der Waals surface area contributed by atoms with Crippen LogP contribution >= 0.6 is 0 Å². The number of nitrogens with one attached hydrogen (secondary N) is 1. The first-order valence-corrected chi connectivity index (χ1v) is 9.26. The van der Waals surface area contributed by atoms with Crippen LogP contribution in [-0.4, -0.2) is 45.6 Å². The van der Waals surface area contributed by atoms with E-state index < -0.39 is 0 Å². The van der Waals surface area contributed by atoms with Crippen molar-refractivity contribution in [3.8, 4) is 0 Å². The Kier molecular flexibility index (Phi) is 4.42. The fraction of sp³-hybridized carbons (Fsp3) is 0.526. The summed E-state index contributed by atoms with van der Waals surface area (Å²) in [6.45, 7) is 1.74. The lowest BCUT2D eigenvalue weighted by molar-refractivity contribution is -0.122. The van der Waals surface area contributed by atoms with Gasteiger partial charge in [0.1, 0.15) is 6.54 Å². The first-order chi connectivity index (χ1) is 12.2. The van der Waals surface area contributed by atoms with Gasteiger partial charge in [-0.3, -0.25) is 14.3 Å². The number of likely N-dealkylation sites (tertiary alicyclic amines) is 1. The minimum absolute atomic E-state index is 0.0244. The highest BCUT2D eigenvalue weighted by atomic mass is 16.2. The van der Waals surface area contributed by atoms with Crippen molar-refractivity contribution in [1.29, 1.82) is 0 Å². The van der Waals surface area contributed by atoms with Gasteiger partial charge in [-0.25, -0.2) is 0 Å². The van der Waals surface area contributed by atoms with E-state index in [4.69, 9.17) is 0 Å². The lowest BCUT2D eigenvalue weighted by Gasteiger charge is -2.13. The number of fused-ring (bicyclic) bond motifs is 1. The van der Waals surface area contributed by atoms with Crippen LogP contribution in [0.2, 0.25) is 0 Å². The quantitative estimate of drug-likeness (QED) is 0.929. The van der Waals surface area contributed by atoms with Gasteiger partial charge in [0.05, 0.1) is 5.52 Å². The maximum Gasteiger partial charge on any atom is 0.275 e. The van der Waals surface area contributed by atoms with Crippen LogP contribution in [0.15, 0.2) is 24.3 Å². The standard InChI is InChI=1S/C19H24N4O2/c24-17(20-14-7-1-2-8-14)13-23-16-10-4-3-9-15(16)18(21-23)19(25)22-11-5-6-12-22/h3-4,9-10,14H,1-2,5-8,11-13H2,(H,20,24). The van der Waals surface area contributed by atoms with Gasteiger partial charge in [-0.1, -0.05) is 31.0 Å². The van der Waals surface area contributed by atoms with Crippen molar-refractivity contribution >= 4 is 22.7 Å². The molecule has 2 amide bonds. The highest BCUT2D eigenvalue weighted by Gasteiger charge is 2.25. The molecule has 4 rings (SSSR count). The number of hydrogen-bond donors (Lipinski definition) is 1. The number of carbonyl (C=O) groups excluding carboxylic acids is 2. The maximum absolute atomic E-state index is 12.8. The summed E-state index contributed by atoms with van der Waals surface area (Å²) in [6.07, 6.45) is 6.59. The minimum atomic E-state index is -0.0275. The number of para-hydroxylation sites is 1. The third-order valence-corrected chi connectivity index (χ3v) is 5.27. The summed E-state index contributed by atoms with van der Waals surface area (Å²) in [4.78, 5) is 27.0. The lowest BCUT2D eigenvalue weighted by atomic mass is 10.2. The third kappa shape index (κ3) is 3.25. The van der Waals surface area contributed by atoms with Gasteiger partial charge in [-0.15, -0.1) is 0 Å². The first kappa shape index (κ1) is 16.1. The fourth-order valence-electron chi connectivity index (χ4n) is 3.96. The molecule has 2 aliphatic rings. The Morgan fingerprint density at radius 2 is 1.80 bits per heavy atom. The predicted molar refractivity (Wildman–Crippen MR) is 95.3 cm³/mol. The van der Waals surface area contributed by atoms with Crippen LogP contribution in [0.1, 0.15) is 49.0 Å². The van der Waals surface area contributed by atoms with Crippen molar-refractivity contribution in [1.82, 2.24) is 20.0 Å². The molecule has 1 N–H and O–H groups in total. The summed E-state index contributed by atoms with van der Waals surface area (Å²) in [5, 5.41) is 8.43. The van der Waals surface area contributed by atoms with Gasteiger partial charge in [-0.2, -0.15) is 5.10 Å². The number of benzene rings is 1. The number of rotatable bonds is 4. The van der Waals surface area contributed by atoms with Gasteiger partial charge in [0.2, 0.25) is 5.91 Å². The molecular formula is C19H24N4O2. The van der Waals surface area contributed by atoms with Gasteiger partial charge in [0, 0.05) is 24.5 Å². The molecule has 2 heterocycles. The number of aromatic nitrogens is 2. The van der Waals surface area contributed by atoms with E-state index in [0.717, 1.165) is 49.7 Å². The molecule has 0 spiro atoms. The van der Waals surface area contributed by atoms with E-state index in [0.29, 0.717) is 11.7 Å². The maximum atomic E-state index is 12.8. The van der Waals surface area contributed by atoms with Crippen LogP contribution in [-0.2, 0) is 11.3 Å². The van der Waals surface area contributed by atoms with E-state index in [1.165, 1.54) is 12.8 Å². The molecule has 1 aliphatic heterocycles. The summed E-state index contributed by atoms with van der Waals surface area (Å²) in [7, 11) is 0. The second-order valence-electron chi connectivity index (χ2n) is 7.07. The molecular weight excluding hydrogens is 316 g/mol. The SMILES string of the molecule is O=C(Cn1nc(C(=O)N2CCCC2)c2ccccc21)NC1CCCC1. The molecule has 25 heavy (non-hydrogen) atoms. The Bertz CT molecular complexity index is 786. The van der Waals surface area contributed by atoms with Crippen molar-refractivity contribution in [2.75, 3.05) is 13.1 Å². The highest BCUT2D eigenvalue weighted by molar-refractivity contribution is 6.05. The van der Waals surface area contributed by atoms with Gasteiger partial charge in [-0.05, 0) is 31.7 Å². The molecule has 1 aromatic carbocycles. The molecule has 1 saturated heterocycles. The van der Waals surface area contributed by atoms with Crippen molar-refractivity contribution in [2.45, 2.75) is 51.1 Å². The third-order valence-electron chi connectivity index (χ3n) is 5.27. The second-order valence-corrected chi connectivity index (χ2v) is 7.07. The van der Waals surface area contributed by atoms with E-state index in [1.54, 1.807) is 4.68 Å². The molecule has 6 nitrogen and oxygen atoms in total. The number of hydrogen-bond acceptors (Lipinski definition) is 3. The Hall–Kier alpha value is -2.37. The topological polar surface area (TPSA) is 67.2 Å². The molecule has 0 atom stereocenters. The van der Waals surface area contributed by atoms with Crippen molar-refractivity contribution in [3.63, 3.8) is 0 Å². The Balaban J connectivity index is 1.58. The van der Waals surface area contributed by atoms with Gasteiger partial charge >= 0.3 is 0 Å². The van der Waals surface area contributed by atoms with Gasteiger partial charge < -0.3 is 10.2 Å². The zero-order chi connectivity index (χ0) is 17.2. The van der Waals surface area contributed by atoms with E-state index >= 15 is 0 Å². The van der Waals surface area contributed by atoms with E-state index in [1.807, 2.05) is 29.2 Å². The lowest BCUT2D eigenvalue weighted by Crippen LogP contribution is -2.35. The molecule has 1 aliphatic carbocycles. The molecule has 2 fully saturated rings. The fourth-order valence-corrected chi connectivity index (χ4v) is 3.96.